The Morgan fingerprint density at radius 2 is 2.08 bits per heavy atom. The zero-order valence-electron chi connectivity index (χ0n) is 14.9. The van der Waals surface area contributed by atoms with Gasteiger partial charge in [0.15, 0.2) is 5.82 Å². The number of pyridine rings is 2. The van der Waals surface area contributed by atoms with Gasteiger partial charge in [0.1, 0.15) is 11.8 Å². The molecule has 0 aromatic carbocycles. The van der Waals surface area contributed by atoms with Crippen molar-refractivity contribution >= 4 is 11.6 Å². The molecule has 0 fully saturated rings. The molecule has 7 heteroatoms. The van der Waals surface area contributed by atoms with E-state index in [1.165, 1.54) is 0 Å². The first-order valence-electron chi connectivity index (χ1n) is 8.46. The second-order valence-electron chi connectivity index (χ2n) is 6.42. The summed E-state index contributed by atoms with van der Waals surface area (Å²) in [5.74, 6) is 1.04. The van der Waals surface area contributed by atoms with Crippen molar-refractivity contribution in [1.29, 1.82) is 0 Å². The van der Waals surface area contributed by atoms with Crippen LogP contribution in [0, 0.1) is 13.8 Å². The lowest BCUT2D eigenvalue weighted by Crippen LogP contribution is -2.42. The van der Waals surface area contributed by atoms with E-state index in [0.717, 1.165) is 11.4 Å². The first-order valence-corrected chi connectivity index (χ1v) is 8.46. The molecule has 4 rings (SSSR count). The molecule has 3 aromatic rings. The number of ether oxygens (including phenoxy) is 1. The lowest BCUT2D eigenvalue weighted by Gasteiger charge is -2.32. The summed E-state index contributed by atoms with van der Waals surface area (Å²) in [6, 6.07) is 9.20. The highest BCUT2D eigenvalue weighted by Gasteiger charge is 2.29. The van der Waals surface area contributed by atoms with Crippen LogP contribution in [0.15, 0.2) is 42.7 Å². The van der Waals surface area contributed by atoms with Gasteiger partial charge in [-0.3, -0.25) is 9.69 Å². The number of aryl methyl sites for hydroxylation is 2. The van der Waals surface area contributed by atoms with Gasteiger partial charge in [-0.15, -0.1) is 0 Å². The second-order valence-corrected chi connectivity index (χ2v) is 6.42. The highest BCUT2D eigenvalue weighted by Crippen LogP contribution is 2.31. The lowest BCUT2D eigenvalue weighted by molar-refractivity contribution is 0.0958. The molecule has 0 aliphatic carbocycles. The van der Waals surface area contributed by atoms with Gasteiger partial charge in [-0.2, -0.15) is 5.10 Å². The second kappa shape index (κ2) is 6.25. The first kappa shape index (κ1) is 16.3. The zero-order chi connectivity index (χ0) is 18.3. The quantitative estimate of drug-likeness (QED) is 0.711. The van der Waals surface area contributed by atoms with Crippen LogP contribution in [0.5, 0.6) is 5.88 Å². The molecule has 0 radical (unpaired) electrons. The normalized spacial score (nSPS) is 16.1. The summed E-state index contributed by atoms with van der Waals surface area (Å²) in [5, 5.41) is 4.42. The fourth-order valence-electron chi connectivity index (χ4n) is 3.11. The largest absolute Gasteiger partial charge is 0.471 e. The SMILES string of the molecule is Cc1cc(C)n(-c2ccc(C(=O)N3CC(C)Oc4ncccc43)cn2)n1. The van der Waals surface area contributed by atoms with Gasteiger partial charge in [0, 0.05) is 18.1 Å². The summed E-state index contributed by atoms with van der Waals surface area (Å²) in [5.41, 5.74) is 3.12. The van der Waals surface area contributed by atoms with Crippen LogP contribution in [-0.4, -0.2) is 38.3 Å². The van der Waals surface area contributed by atoms with Crippen LogP contribution in [0.1, 0.15) is 28.7 Å². The number of hydrogen-bond acceptors (Lipinski definition) is 5. The Labute approximate surface area is 151 Å². The molecule has 1 unspecified atom stereocenters. The average Bonchev–Trinajstić information content (AvgIpc) is 2.98. The minimum absolute atomic E-state index is 0.122. The van der Waals surface area contributed by atoms with Crippen molar-refractivity contribution in [3.63, 3.8) is 0 Å². The van der Waals surface area contributed by atoms with Crippen molar-refractivity contribution in [1.82, 2.24) is 19.7 Å². The first-order chi connectivity index (χ1) is 12.5. The van der Waals surface area contributed by atoms with Crippen LogP contribution in [0.2, 0.25) is 0 Å². The summed E-state index contributed by atoms with van der Waals surface area (Å²) < 4.78 is 7.47. The van der Waals surface area contributed by atoms with Crippen molar-refractivity contribution in [3.05, 3.63) is 59.7 Å². The van der Waals surface area contributed by atoms with E-state index in [0.29, 0.717) is 29.5 Å². The molecule has 26 heavy (non-hydrogen) atoms. The van der Waals surface area contributed by atoms with Gasteiger partial charge in [0.2, 0.25) is 5.88 Å². The van der Waals surface area contributed by atoms with Gasteiger partial charge in [-0.25, -0.2) is 14.6 Å². The van der Waals surface area contributed by atoms with Crippen molar-refractivity contribution in [3.8, 4) is 11.7 Å². The van der Waals surface area contributed by atoms with Gasteiger partial charge >= 0.3 is 0 Å². The standard InChI is InChI=1S/C19H19N5O2/c1-12-9-13(2)24(22-12)17-7-6-15(10-21-17)19(25)23-11-14(3)26-18-16(23)5-4-8-20-18/h4-10,14H,11H2,1-3H3. The van der Waals surface area contributed by atoms with E-state index in [1.54, 1.807) is 40.2 Å². The number of aromatic nitrogens is 4. The number of carbonyl (C=O) groups is 1. The van der Waals surface area contributed by atoms with E-state index in [-0.39, 0.29) is 12.0 Å². The van der Waals surface area contributed by atoms with E-state index in [1.807, 2.05) is 32.9 Å². The Kier molecular flexibility index (Phi) is 3.91. The summed E-state index contributed by atoms with van der Waals surface area (Å²) >= 11 is 0. The van der Waals surface area contributed by atoms with Crippen LogP contribution >= 0.6 is 0 Å². The average molecular weight is 349 g/mol. The molecule has 0 bridgehead atoms. The van der Waals surface area contributed by atoms with Crippen molar-refractivity contribution in [2.24, 2.45) is 0 Å². The van der Waals surface area contributed by atoms with Gasteiger partial charge in [-0.05, 0) is 51.1 Å². The smallest absolute Gasteiger partial charge is 0.260 e. The number of anilines is 1. The minimum Gasteiger partial charge on any atom is -0.471 e. The molecular weight excluding hydrogens is 330 g/mol. The van der Waals surface area contributed by atoms with Gasteiger partial charge < -0.3 is 4.74 Å². The molecule has 0 spiro atoms. The van der Waals surface area contributed by atoms with E-state index < -0.39 is 0 Å². The highest BCUT2D eigenvalue weighted by atomic mass is 16.5. The van der Waals surface area contributed by atoms with Crippen LogP contribution in [0.3, 0.4) is 0 Å². The number of amides is 1. The Morgan fingerprint density at radius 3 is 2.77 bits per heavy atom. The Hall–Kier alpha value is -3.22. The maximum Gasteiger partial charge on any atom is 0.260 e. The molecule has 132 valence electrons. The summed E-state index contributed by atoms with van der Waals surface area (Å²) in [7, 11) is 0. The van der Waals surface area contributed by atoms with Crippen molar-refractivity contribution < 1.29 is 9.53 Å². The third kappa shape index (κ3) is 2.81. The minimum atomic E-state index is -0.123. The molecule has 1 atom stereocenters. The number of fused-ring (bicyclic) bond motifs is 1. The van der Waals surface area contributed by atoms with E-state index >= 15 is 0 Å². The van der Waals surface area contributed by atoms with Gasteiger partial charge in [-0.1, -0.05) is 0 Å². The highest BCUT2D eigenvalue weighted by molar-refractivity contribution is 6.06. The topological polar surface area (TPSA) is 73.1 Å². The molecular formula is C19H19N5O2. The fraction of sp³-hybridized carbons (Fsp3) is 0.263. The molecule has 0 saturated heterocycles. The Bertz CT molecular complexity index is 964. The maximum atomic E-state index is 13.0. The Balaban J connectivity index is 1.64. The third-order valence-corrected chi connectivity index (χ3v) is 4.26. The molecule has 0 saturated carbocycles. The van der Waals surface area contributed by atoms with Crippen LogP contribution in [-0.2, 0) is 0 Å². The number of carbonyl (C=O) groups excluding carboxylic acids is 1. The van der Waals surface area contributed by atoms with Crippen LogP contribution < -0.4 is 9.64 Å². The predicted octanol–water partition coefficient (Wildman–Crippen LogP) is 2.71. The van der Waals surface area contributed by atoms with E-state index in [4.69, 9.17) is 4.74 Å². The zero-order valence-corrected chi connectivity index (χ0v) is 14.9. The van der Waals surface area contributed by atoms with Gasteiger partial charge in [0.05, 0.1) is 17.8 Å². The van der Waals surface area contributed by atoms with E-state index in [2.05, 4.69) is 15.1 Å². The number of rotatable bonds is 2. The molecule has 1 aliphatic heterocycles. The molecule has 7 nitrogen and oxygen atoms in total. The molecule has 0 N–H and O–H groups in total. The Morgan fingerprint density at radius 1 is 1.23 bits per heavy atom. The third-order valence-electron chi connectivity index (χ3n) is 4.26. The number of hydrogen-bond donors (Lipinski definition) is 0. The van der Waals surface area contributed by atoms with Gasteiger partial charge in [0.25, 0.3) is 5.91 Å². The van der Waals surface area contributed by atoms with Crippen LogP contribution in [0.4, 0.5) is 5.69 Å². The van der Waals surface area contributed by atoms with E-state index in [9.17, 15) is 4.79 Å². The van der Waals surface area contributed by atoms with Crippen molar-refractivity contribution in [2.75, 3.05) is 11.4 Å². The summed E-state index contributed by atoms with van der Waals surface area (Å²) in [4.78, 5) is 23.3. The molecule has 3 aromatic heterocycles. The fourth-order valence-corrected chi connectivity index (χ4v) is 3.11. The monoisotopic (exact) mass is 349 g/mol. The summed E-state index contributed by atoms with van der Waals surface area (Å²) in [6.45, 7) is 6.30. The molecule has 4 heterocycles. The van der Waals surface area contributed by atoms with Crippen LogP contribution in [0.25, 0.3) is 5.82 Å². The summed E-state index contributed by atoms with van der Waals surface area (Å²) in [6.07, 6.45) is 3.12. The maximum absolute atomic E-state index is 13.0. The number of nitrogens with zero attached hydrogens (tertiary/aromatic N) is 5. The molecule has 1 amide bonds. The lowest BCUT2D eigenvalue weighted by atomic mass is 10.2. The van der Waals surface area contributed by atoms with Crippen molar-refractivity contribution in [2.45, 2.75) is 26.9 Å². The molecule has 1 aliphatic rings. The predicted molar refractivity (Wildman–Crippen MR) is 96.8 cm³/mol.